The number of amides is 1. The lowest BCUT2D eigenvalue weighted by Crippen LogP contribution is -2.31. The molecule has 0 aliphatic heterocycles. The quantitative estimate of drug-likeness (QED) is 0.836. The molecule has 2 aromatic rings. The van der Waals surface area contributed by atoms with Crippen molar-refractivity contribution in [2.24, 2.45) is 0 Å². The molecule has 1 aromatic carbocycles. The van der Waals surface area contributed by atoms with Crippen molar-refractivity contribution in [3.05, 3.63) is 53.0 Å². The first-order chi connectivity index (χ1) is 9.04. The summed E-state index contributed by atoms with van der Waals surface area (Å²) in [6.45, 7) is 8.48. The predicted octanol–water partition coefficient (Wildman–Crippen LogP) is 3.87. The van der Waals surface area contributed by atoms with Crippen LogP contribution in [0.4, 0.5) is 5.69 Å². The van der Waals surface area contributed by atoms with E-state index in [0.29, 0.717) is 17.9 Å². The van der Waals surface area contributed by atoms with Gasteiger partial charge in [-0.3, -0.25) is 4.79 Å². The van der Waals surface area contributed by atoms with Gasteiger partial charge in [0.05, 0.1) is 11.8 Å². The van der Waals surface area contributed by atoms with Crippen molar-refractivity contribution in [2.75, 3.05) is 11.4 Å². The lowest BCUT2D eigenvalue weighted by molar-refractivity contribution is 0.0986. The Bertz CT molecular complexity index is 599. The first-order valence-electron chi connectivity index (χ1n) is 6.47. The Kier molecular flexibility index (Phi) is 3.74. The van der Waals surface area contributed by atoms with Crippen LogP contribution in [0.15, 0.2) is 34.9 Å². The molecule has 0 radical (unpaired) electrons. The van der Waals surface area contributed by atoms with Crippen LogP contribution in [0.3, 0.4) is 0 Å². The summed E-state index contributed by atoms with van der Waals surface area (Å²) in [6.07, 6.45) is 1.56. The monoisotopic (exact) mass is 257 g/mol. The average Bonchev–Trinajstić information content (AvgIpc) is 2.80. The molecule has 0 spiro atoms. The van der Waals surface area contributed by atoms with Gasteiger partial charge in [-0.2, -0.15) is 0 Å². The molecule has 2 rings (SSSR count). The number of anilines is 1. The molecule has 0 saturated carbocycles. The number of benzene rings is 1. The minimum absolute atomic E-state index is 0.0116. The van der Waals surface area contributed by atoms with Crippen molar-refractivity contribution in [3.63, 3.8) is 0 Å². The molecule has 0 aliphatic carbocycles. The topological polar surface area (TPSA) is 33.5 Å². The third-order valence-corrected chi connectivity index (χ3v) is 3.31. The van der Waals surface area contributed by atoms with E-state index in [-0.39, 0.29) is 5.91 Å². The van der Waals surface area contributed by atoms with Gasteiger partial charge in [0, 0.05) is 12.2 Å². The smallest absolute Gasteiger partial charge is 0.261 e. The molecule has 3 heteroatoms. The zero-order valence-corrected chi connectivity index (χ0v) is 11.9. The highest BCUT2D eigenvalue weighted by molar-refractivity contribution is 6.07. The van der Waals surface area contributed by atoms with Gasteiger partial charge in [0.2, 0.25) is 0 Å². The number of furan rings is 1. The molecule has 100 valence electrons. The number of carbonyl (C=O) groups is 1. The van der Waals surface area contributed by atoms with Crippen LogP contribution in [0.5, 0.6) is 0 Å². The molecule has 0 bridgehead atoms. The number of hydrogen-bond acceptors (Lipinski definition) is 2. The van der Waals surface area contributed by atoms with Gasteiger partial charge in [0.25, 0.3) is 5.91 Å². The second kappa shape index (κ2) is 5.31. The lowest BCUT2D eigenvalue weighted by atomic mass is 10.1. The lowest BCUT2D eigenvalue weighted by Gasteiger charge is -2.23. The van der Waals surface area contributed by atoms with Crippen molar-refractivity contribution in [1.29, 1.82) is 0 Å². The Morgan fingerprint density at radius 3 is 2.53 bits per heavy atom. The Hall–Kier alpha value is -2.03. The minimum atomic E-state index is -0.0116. The standard InChI is InChI=1S/C16H19NO2/c1-5-17(15-10-11(2)6-7-12(15)3)16(18)14-8-9-19-13(14)4/h6-10H,5H2,1-4H3. The normalized spacial score (nSPS) is 10.5. The van der Waals surface area contributed by atoms with E-state index in [1.807, 2.05) is 39.8 Å². The molecule has 19 heavy (non-hydrogen) atoms. The van der Waals surface area contributed by atoms with Crippen LogP contribution in [0.25, 0.3) is 0 Å². The summed E-state index contributed by atoms with van der Waals surface area (Å²) in [7, 11) is 0. The van der Waals surface area contributed by atoms with E-state index in [1.54, 1.807) is 17.2 Å². The van der Waals surface area contributed by atoms with Crippen LogP contribution in [0.1, 0.15) is 34.2 Å². The third-order valence-electron chi connectivity index (χ3n) is 3.31. The summed E-state index contributed by atoms with van der Waals surface area (Å²) in [6, 6.07) is 7.88. The molecule has 0 saturated heterocycles. The largest absolute Gasteiger partial charge is 0.469 e. The summed E-state index contributed by atoms with van der Waals surface area (Å²) in [5.41, 5.74) is 3.84. The summed E-state index contributed by atoms with van der Waals surface area (Å²) in [4.78, 5) is 14.4. The predicted molar refractivity (Wildman–Crippen MR) is 76.7 cm³/mol. The van der Waals surface area contributed by atoms with Gasteiger partial charge in [-0.05, 0) is 51.0 Å². The number of hydrogen-bond donors (Lipinski definition) is 0. The van der Waals surface area contributed by atoms with Crippen molar-refractivity contribution in [1.82, 2.24) is 0 Å². The summed E-state index contributed by atoms with van der Waals surface area (Å²) >= 11 is 0. The summed E-state index contributed by atoms with van der Waals surface area (Å²) in [5.74, 6) is 0.649. The van der Waals surface area contributed by atoms with E-state index in [2.05, 4.69) is 6.07 Å². The maximum atomic E-state index is 12.6. The van der Waals surface area contributed by atoms with Crippen LogP contribution in [0.2, 0.25) is 0 Å². The molecular weight excluding hydrogens is 238 g/mol. The zero-order valence-electron chi connectivity index (χ0n) is 11.9. The summed E-state index contributed by atoms with van der Waals surface area (Å²) in [5, 5.41) is 0. The Labute approximate surface area is 113 Å². The highest BCUT2D eigenvalue weighted by Crippen LogP contribution is 2.24. The molecule has 1 heterocycles. The average molecular weight is 257 g/mol. The van der Waals surface area contributed by atoms with Gasteiger partial charge in [-0.15, -0.1) is 0 Å². The number of aryl methyl sites for hydroxylation is 3. The van der Waals surface area contributed by atoms with Crippen molar-refractivity contribution in [3.8, 4) is 0 Å². The van der Waals surface area contributed by atoms with Gasteiger partial charge in [0.1, 0.15) is 5.76 Å². The van der Waals surface area contributed by atoms with Crippen molar-refractivity contribution < 1.29 is 9.21 Å². The van der Waals surface area contributed by atoms with Gasteiger partial charge >= 0.3 is 0 Å². The van der Waals surface area contributed by atoms with E-state index in [1.165, 1.54) is 0 Å². The molecule has 0 N–H and O–H groups in total. The Morgan fingerprint density at radius 2 is 1.95 bits per heavy atom. The number of rotatable bonds is 3. The van der Waals surface area contributed by atoms with Gasteiger partial charge in [0.15, 0.2) is 0 Å². The first-order valence-corrected chi connectivity index (χ1v) is 6.47. The number of nitrogens with zero attached hydrogens (tertiary/aromatic N) is 1. The fourth-order valence-corrected chi connectivity index (χ4v) is 2.19. The van der Waals surface area contributed by atoms with Crippen LogP contribution in [-0.4, -0.2) is 12.5 Å². The molecular formula is C16H19NO2. The second-order valence-electron chi connectivity index (χ2n) is 4.73. The van der Waals surface area contributed by atoms with Crippen LogP contribution in [-0.2, 0) is 0 Å². The first kappa shape index (κ1) is 13.4. The molecule has 0 fully saturated rings. The van der Waals surface area contributed by atoms with Gasteiger partial charge in [-0.1, -0.05) is 12.1 Å². The number of carbonyl (C=O) groups excluding carboxylic acids is 1. The van der Waals surface area contributed by atoms with Crippen LogP contribution < -0.4 is 4.90 Å². The Morgan fingerprint density at radius 1 is 1.21 bits per heavy atom. The van der Waals surface area contributed by atoms with Crippen molar-refractivity contribution >= 4 is 11.6 Å². The SMILES string of the molecule is CCN(C(=O)c1ccoc1C)c1cc(C)ccc1C. The van der Waals surface area contributed by atoms with E-state index >= 15 is 0 Å². The molecule has 3 nitrogen and oxygen atoms in total. The maximum Gasteiger partial charge on any atom is 0.261 e. The second-order valence-corrected chi connectivity index (χ2v) is 4.73. The van der Waals surface area contributed by atoms with E-state index < -0.39 is 0 Å². The van der Waals surface area contributed by atoms with Crippen LogP contribution in [0, 0.1) is 20.8 Å². The van der Waals surface area contributed by atoms with Crippen molar-refractivity contribution in [2.45, 2.75) is 27.7 Å². The highest BCUT2D eigenvalue weighted by Gasteiger charge is 2.20. The third kappa shape index (κ3) is 2.55. The summed E-state index contributed by atoms with van der Waals surface area (Å²) < 4.78 is 5.22. The van der Waals surface area contributed by atoms with Gasteiger partial charge < -0.3 is 9.32 Å². The highest BCUT2D eigenvalue weighted by atomic mass is 16.3. The minimum Gasteiger partial charge on any atom is -0.469 e. The van der Waals surface area contributed by atoms with E-state index in [9.17, 15) is 4.79 Å². The van der Waals surface area contributed by atoms with Gasteiger partial charge in [-0.25, -0.2) is 0 Å². The van der Waals surface area contributed by atoms with E-state index in [0.717, 1.165) is 16.8 Å². The fourth-order valence-electron chi connectivity index (χ4n) is 2.19. The Balaban J connectivity index is 2.43. The zero-order chi connectivity index (χ0) is 14.0. The fraction of sp³-hybridized carbons (Fsp3) is 0.312. The van der Waals surface area contributed by atoms with Crippen LogP contribution >= 0.6 is 0 Å². The maximum absolute atomic E-state index is 12.6. The van der Waals surface area contributed by atoms with E-state index in [4.69, 9.17) is 4.42 Å². The molecule has 1 amide bonds. The molecule has 1 aromatic heterocycles. The molecule has 0 unspecified atom stereocenters. The molecule has 0 atom stereocenters. The molecule has 0 aliphatic rings.